The van der Waals surface area contributed by atoms with Crippen LogP contribution in [0.3, 0.4) is 0 Å². The lowest BCUT2D eigenvalue weighted by Gasteiger charge is -2.27. The summed E-state index contributed by atoms with van der Waals surface area (Å²) in [6.07, 6.45) is 10.4. The van der Waals surface area contributed by atoms with Gasteiger partial charge in [0.15, 0.2) is 13.1 Å². The summed E-state index contributed by atoms with van der Waals surface area (Å²) in [5, 5.41) is 4.51. The number of hydrogen-bond donors (Lipinski definition) is 1. The Bertz CT molecular complexity index is 2830. The van der Waals surface area contributed by atoms with Gasteiger partial charge < -0.3 is 24.0 Å². The Morgan fingerprint density at radius 2 is 1.14 bits per heavy atom. The lowest BCUT2D eigenvalue weighted by molar-refractivity contribution is -0.537. The van der Waals surface area contributed by atoms with Crippen LogP contribution in [0, 0.1) is 0 Å². The average Bonchev–Trinajstić information content (AvgIpc) is 3.91. The van der Waals surface area contributed by atoms with Gasteiger partial charge in [0.05, 0.1) is 35.6 Å². The van der Waals surface area contributed by atoms with Gasteiger partial charge in [0.2, 0.25) is 5.71 Å². The molecule has 1 N–H and O–H groups in total. The molecule has 0 bridgehead atoms. The number of benzene rings is 4. The van der Waals surface area contributed by atoms with Crippen molar-refractivity contribution >= 4 is 65.0 Å². The second-order valence-electron chi connectivity index (χ2n) is 19.8. The molecule has 2 fully saturated rings. The van der Waals surface area contributed by atoms with E-state index in [0.717, 1.165) is 79.6 Å². The number of piperazine rings is 1. The minimum absolute atomic E-state index is 0.189. The number of amides is 1. The van der Waals surface area contributed by atoms with Gasteiger partial charge in [0, 0.05) is 63.6 Å². The monoisotopic (exact) mass is 1010 g/mol. The van der Waals surface area contributed by atoms with Crippen LogP contribution in [-0.2, 0) is 35.8 Å². The molecule has 71 heavy (non-hydrogen) atoms. The van der Waals surface area contributed by atoms with E-state index in [1.807, 2.05) is 24.3 Å². The molecule has 0 aromatic heterocycles. The molecule has 3 heterocycles. The molecular formula is C56H73N5O8S2. The van der Waals surface area contributed by atoms with Crippen molar-refractivity contribution in [2.45, 2.75) is 91.9 Å². The molecule has 8 rings (SSSR count). The Balaban J connectivity index is 0.000000985. The van der Waals surface area contributed by atoms with E-state index in [9.17, 15) is 30.7 Å². The Hall–Kier alpha value is -5.32. The van der Waals surface area contributed by atoms with Gasteiger partial charge in [-0.2, -0.15) is 8.42 Å². The van der Waals surface area contributed by atoms with Crippen molar-refractivity contribution in [3.63, 3.8) is 0 Å². The van der Waals surface area contributed by atoms with E-state index in [2.05, 4.69) is 141 Å². The van der Waals surface area contributed by atoms with Gasteiger partial charge in [-0.3, -0.25) is 9.45 Å². The van der Waals surface area contributed by atoms with Crippen LogP contribution in [0.1, 0.15) is 92.2 Å². The minimum Gasteiger partial charge on any atom is -0.748 e. The molecule has 0 spiro atoms. The topological polar surface area (TPSA) is 154 Å². The first kappa shape index (κ1) is 53.5. The van der Waals surface area contributed by atoms with Crippen molar-refractivity contribution < 1.29 is 40.0 Å². The smallest absolute Gasteiger partial charge is 0.410 e. The largest absolute Gasteiger partial charge is 0.748 e. The van der Waals surface area contributed by atoms with Crippen LogP contribution in [0.15, 0.2) is 120 Å². The Labute approximate surface area is 422 Å². The van der Waals surface area contributed by atoms with Crippen LogP contribution >= 0.6 is 0 Å². The number of allylic oxidation sites excluding steroid dienone is 8. The van der Waals surface area contributed by atoms with E-state index in [0.29, 0.717) is 45.9 Å². The number of carbonyl (C=O) groups excluding carboxylic acids is 1. The van der Waals surface area contributed by atoms with E-state index < -0.39 is 36.8 Å². The molecule has 1 saturated carbocycles. The maximum atomic E-state index is 12.8. The summed E-state index contributed by atoms with van der Waals surface area (Å²) in [4.78, 5) is 21.3. The van der Waals surface area contributed by atoms with Crippen molar-refractivity contribution in [3.8, 4) is 0 Å². The summed E-state index contributed by atoms with van der Waals surface area (Å²) in [5.74, 6) is -0.787. The summed E-state index contributed by atoms with van der Waals surface area (Å²) in [5.41, 5.74) is 8.90. The van der Waals surface area contributed by atoms with Crippen LogP contribution in [0.4, 0.5) is 16.2 Å². The highest BCUT2D eigenvalue weighted by molar-refractivity contribution is 7.85. The standard InChI is InChI=1S/C50H58N4O8S2.C6H15N/c1-6-62-48(55)52-31-29-51(30-32-52)47-37(21-25-43-49(2,3)45-39-15-9-7-13-35(39)19-23-41(45)53(43)27-11-33-63(56,57)58)17-18-38(47)22-26-44-50(4,5)46-40-16-10-8-14-36(40)20-24-42(46)54(44)28-12-34-64(59,60)61;1-4-7(5-2)6-3/h7-10,13-16,19-26H,6,11-12,17-18,27-34H2,1-5H3,(H-,56,57,58,59,60,61);4-6H2,1-3H3. The van der Waals surface area contributed by atoms with Crippen LogP contribution < -0.4 is 9.80 Å². The van der Waals surface area contributed by atoms with Crippen LogP contribution in [-0.4, -0.2) is 129 Å². The van der Waals surface area contributed by atoms with E-state index in [1.54, 1.807) is 11.8 Å². The lowest BCUT2D eigenvalue weighted by Crippen LogP contribution is -2.47. The summed E-state index contributed by atoms with van der Waals surface area (Å²) >= 11 is 0. The molecule has 1 saturated heterocycles. The fourth-order valence-electron chi connectivity index (χ4n) is 11.2. The normalized spacial score (nSPS) is 20.0. The Morgan fingerprint density at radius 3 is 1.55 bits per heavy atom. The third kappa shape index (κ3) is 11.8. The highest BCUT2D eigenvalue weighted by atomic mass is 32.2. The molecule has 4 aromatic carbocycles. The summed E-state index contributed by atoms with van der Waals surface area (Å²) in [6, 6.07) is 25.0. The van der Waals surface area contributed by atoms with Crippen molar-refractivity contribution in [3.05, 3.63) is 131 Å². The van der Waals surface area contributed by atoms with E-state index in [-0.39, 0.29) is 24.7 Å². The summed E-state index contributed by atoms with van der Waals surface area (Å²) in [6.45, 7) is 24.1. The molecule has 1 amide bonds. The third-order valence-corrected chi connectivity index (χ3v) is 16.3. The summed E-state index contributed by atoms with van der Waals surface area (Å²) < 4.78 is 76.3. The van der Waals surface area contributed by atoms with Crippen molar-refractivity contribution in [1.82, 2.24) is 9.80 Å². The predicted octanol–water partition coefficient (Wildman–Crippen LogP) is 9.79. The van der Waals surface area contributed by atoms with Gasteiger partial charge in [-0.1, -0.05) is 121 Å². The molecule has 15 heteroatoms. The van der Waals surface area contributed by atoms with Gasteiger partial charge in [-0.15, -0.1) is 0 Å². The first-order valence-electron chi connectivity index (χ1n) is 25.3. The summed E-state index contributed by atoms with van der Waals surface area (Å²) in [7, 11) is -8.54. The number of fused-ring (bicyclic) bond motifs is 6. The van der Waals surface area contributed by atoms with Gasteiger partial charge in [0.1, 0.15) is 0 Å². The van der Waals surface area contributed by atoms with Crippen molar-refractivity contribution in [1.29, 1.82) is 0 Å². The molecule has 13 nitrogen and oxygen atoms in total. The number of hydrogen-bond acceptors (Lipinski definition) is 10. The van der Waals surface area contributed by atoms with Crippen LogP contribution in [0.2, 0.25) is 0 Å². The SMILES string of the molecule is CCN(CC)CC.CCOC(=O)N1CC[N+](=C2/C(=C\C=C3/N(CCCS(=O)(=O)[O-])c4ccc5ccccc5c4C3(C)C)CC/C2=C\C=C2\N(CCCS(=O)(=O)O)c3ccc4ccccc4c3C2(C)C)CC1. The van der Waals surface area contributed by atoms with Crippen molar-refractivity contribution in [2.24, 2.45) is 0 Å². The molecule has 0 atom stereocenters. The molecule has 382 valence electrons. The Kier molecular flexibility index (Phi) is 16.7. The zero-order chi connectivity index (χ0) is 51.3. The minimum atomic E-state index is -4.39. The van der Waals surface area contributed by atoms with Crippen LogP contribution in [0.25, 0.3) is 21.5 Å². The molecule has 0 radical (unpaired) electrons. The maximum absolute atomic E-state index is 12.8. The molecule has 4 aliphatic rings. The van der Waals surface area contributed by atoms with E-state index >= 15 is 0 Å². The van der Waals surface area contributed by atoms with Crippen molar-refractivity contribution in [2.75, 3.05) is 86.8 Å². The molecular weight excluding hydrogens is 935 g/mol. The first-order chi connectivity index (χ1) is 33.7. The fourth-order valence-corrected chi connectivity index (χ4v) is 12.1. The van der Waals surface area contributed by atoms with E-state index in [1.165, 1.54) is 25.2 Å². The third-order valence-electron chi connectivity index (χ3n) is 14.7. The molecule has 0 unspecified atom stereocenters. The number of carbonyl (C=O) groups is 1. The zero-order valence-corrected chi connectivity index (χ0v) is 44.5. The Morgan fingerprint density at radius 1 is 0.690 bits per heavy atom. The van der Waals surface area contributed by atoms with E-state index in [4.69, 9.17) is 4.74 Å². The maximum Gasteiger partial charge on any atom is 0.410 e. The first-order valence-corrected chi connectivity index (χ1v) is 28.5. The molecule has 1 aliphatic carbocycles. The van der Waals surface area contributed by atoms with Crippen LogP contribution in [0.5, 0.6) is 0 Å². The highest BCUT2D eigenvalue weighted by Crippen LogP contribution is 2.52. The average molecular weight is 1010 g/mol. The lowest BCUT2D eigenvalue weighted by atomic mass is 9.81. The van der Waals surface area contributed by atoms with Gasteiger partial charge in [-0.05, 0) is 109 Å². The molecule has 4 aromatic rings. The molecule has 3 aliphatic heterocycles. The number of nitrogens with zero attached hydrogens (tertiary/aromatic N) is 5. The highest BCUT2D eigenvalue weighted by Gasteiger charge is 2.43. The second-order valence-corrected chi connectivity index (χ2v) is 22.9. The number of ether oxygens (including phenoxy) is 1. The van der Waals surface area contributed by atoms with Gasteiger partial charge in [-0.25, -0.2) is 17.8 Å². The van der Waals surface area contributed by atoms with Gasteiger partial charge >= 0.3 is 6.09 Å². The second kappa shape index (κ2) is 22.2. The number of rotatable bonds is 14. The zero-order valence-electron chi connectivity index (χ0n) is 42.9. The fraction of sp³-hybridized carbons (Fsp3) is 0.464. The quantitative estimate of drug-likeness (QED) is 0.0949. The predicted molar refractivity (Wildman–Crippen MR) is 287 cm³/mol. The number of anilines is 2. The van der Waals surface area contributed by atoms with Gasteiger partial charge in [0.25, 0.3) is 10.1 Å².